The van der Waals surface area contributed by atoms with E-state index in [4.69, 9.17) is 5.73 Å². The first-order valence-electron chi connectivity index (χ1n) is 6.32. The lowest BCUT2D eigenvalue weighted by atomic mass is 10.1. The number of rotatable bonds is 6. The number of anilines is 1. The summed E-state index contributed by atoms with van der Waals surface area (Å²) < 4.78 is 0. The second-order valence-electron chi connectivity index (χ2n) is 4.33. The highest BCUT2D eigenvalue weighted by Gasteiger charge is 2.11. The summed E-state index contributed by atoms with van der Waals surface area (Å²) in [5.41, 5.74) is 7.86. The zero-order valence-electron chi connectivity index (χ0n) is 10.7. The van der Waals surface area contributed by atoms with Gasteiger partial charge in [0.05, 0.1) is 6.04 Å². The molecule has 0 heterocycles. The molecule has 0 aliphatic heterocycles. The van der Waals surface area contributed by atoms with Crippen LogP contribution < -0.4 is 11.1 Å². The Bertz CT molecular complexity index is 346. The van der Waals surface area contributed by atoms with Crippen LogP contribution in [-0.2, 0) is 11.2 Å². The fraction of sp³-hybridized carbons (Fsp3) is 0.500. The number of carbonyl (C=O) groups is 1. The lowest BCUT2D eigenvalue weighted by Crippen LogP contribution is -2.35. The van der Waals surface area contributed by atoms with Crippen LogP contribution in [0.25, 0.3) is 0 Å². The molecule has 0 aromatic heterocycles. The van der Waals surface area contributed by atoms with Crippen LogP contribution >= 0.6 is 0 Å². The maximum absolute atomic E-state index is 11.7. The minimum atomic E-state index is -0.407. The Morgan fingerprint density at radius 1 is 1.24 bits per heavy atom. The Kier molecular flexibility index (Phi) is 5.70. The molecule has 0 saturated carbocycles. The van der Waals surface area contributed by atoms with Crippen LogP contribution in [-0.4, -0.2) is 11.9 Å². The van der Waals surface area contributed by atoms with Crippen LogP contribution in [0.2, 0.25) is 0 Å². The summed E-state index contributed by atoms with van der Waals surface area (Å²) in [7, 11) is 0. The largest absolute Gasteiger partial charge is 0.325 e. The van der Waals surface area contributed by atoms with Gasteiger partial charge < -0.3 is 11.1 Å². The van der Waals surface area contributed by atoms with Crippen molar-refractivity contribution in [2.45, 2.75) is 45.6 Å². The summed E-state index contributed by atoms with van der Waals surface area (Å²) in [6, 6.07) is 7.55. The van der Waals surface area contributed by atoms with Crippen molar-refractivity contribution >= 4 is 11.6 Å². The Hall–Kier alpha value is -1.35. The third-order valence-electron chi connectivity index (χ3n) is 2.70. The van der Waals surface area contributed by atoms with Crippen molar-refractivity contribution in [1.29, 1.82) is 0 Å². The minimum absolute atomic E-state index is 0.102. The molecule has 94 valence electrons. The second kappa shape index (κ2) is 7.07. The van der Waals surface area contributed by atoms with Gasteiger partial charge in [0.1, 0.15) is 0 Å². The molecule has 1 rings (SSSR count). The molecule has 0 saturated heterocycles. The Balaban J connectivity index is 2.53. The standard InChI is InChI=1S/C14H22N2O/c1-3-5-11-7-9-12(10-8-11)16-14(17)13(15)6-4-2/h7-10,13H,3-6,15H2,1-2H3,(H,16,17)/t13-/m1/s1. The molecule has 1 amide bonds. The molecule has 1 atom stereocenters. The average molecular weight is 234 g/mol. The molecule has 3 heteroatoms. The van der Waals surface area contributed by atoms with E-state index in [1.807, 2.05) is 31.2 Å². The van der Waals surface area contributed by atoms with Gasteiger partial charge in [-0.2, -0.15) is 0 Å². The smallest absolute Gasteiger partial charge is 0.241 e. The van der Waals surface area contributed by atoms with Crippen LogP contribution in [0.5, 0.6) is 0 Å². The van der Waals surface area contributed by atoms with E-state index in [0.29, 0.717) is 0 Å². The highest BCUT2D eigenvalue weighted by molar-refractivity contribution is 5.94. The number of hydrogen-bond donors (Lipinski definition) is 2. The Morgan fingerprint density at radius 2 is 1.88 bits per heavy atom. The molecule has 1 aromatic rings. The fourth-order valence-corrected chi connectivity index (χ4v) is 1.72. The van der Waals surface area contributed by atoms with Gasteiger partial charge >= 0.3 is 0 Å². The van der Waals surface area contributed by atoms with Gasteiger partial charge in [-0.1, -0.05) is 38.8 Å². The molecule has 17 heavy (non-hydrogen) atoms. The summed E-state index contributed by atoms with van der Waals surface area (Å²) in [5.74, 6) is -0.102. The summed E-state index contributed by atoms with van der Waals surface area (Å²) in [5, 5.41) is 2.83. The van der Waals surface area contributed by atoms with Crippen LogP contribution in [0.3, 0.4) is 0 Å². The van der Waals surface area contributed by atoms with Crippen molar-refractivity contribution < 1.29 is 4.79 Å². The Labute approximate surface area is 103 Å². The summed E-state index contributed by atoms with van der Waals surface area (Å²) in [6.45, 7) is 4.17. The predicted molar refractivity (Wildman–Crippen MR) is 72.0 cm³/mol. The van der Waals surface area contributed by atoms with Crippen molar-refractivity contribution in [3.05, 3.63) is 29.8 Å². The zero-order valence-corrected chi connectivity index (χ0v) is 10.7. The van der Waals surface area contributed by atoms with E-state index in [0.717, 1.165) is 31.4 Å². The third kappa shape index (κ3) is 4.57. The Morgan fingerprint density at radius 3 is 2.41 bits per heavy atom. The first-order valence-corrected chi connectivity index (χ1v) is 6.32. The van der Waals surface area contributed by atoms with Crippen molar-refractivity contribution in [1.82, 2.24) is 0 Å². The fourth-order valence-electron chi connectivity index (χ4n) is 1.72. The topological polar surface area (TPSA) is 55.1 Å². The maximum Gasteiger partial charge on any atom is 0.241 e. The third-order valence-corrected chi connectivity index (χ3v) is 2.70. The van der Waals surface area contributed by atoms with Gasteiger partial charge in [0.25, 0.3) is 0 Å². The number of carbonyl (C=O) groups excluding carboxylic acids is 1. The van der Waals surface area contributed by atoms with Crippen molar-refractivity contribution in [3.63, 3.8) is 0 Å². The SMILES string of the molecule is CCCc1ccc(NC(=O)[C@H](N)CCC)cc1. The quantitative estimate of drug-likeness (QED) is 0.795. The number of aryl methyl sites for hydroxylation is 1. The van der Waals surface area contributed by atoms with Crippen molar-refractivity contribution in [2.75, 3.05) is 5.32 Å². The summed E-state index contributed by atoms with van der Waals surface area (Å²) in [6.07, 6.45) is 3.85. The lowest BCUT2D eigenvalue weighted by Gasteiger charge is -2.11. The molecule has 3 N–H and O–H groups in total. The van der Waals surface area contributed by atoms with Crippen LogP contribution in [0.15, 0.2) is 24.3 Å². The zero-order chi connectivity index (χ0) is 12.7. The average Bonchev–Trinajstić information content (AvgIpc) is 2.32. The van der Waals surface area contributed by atoms with E-state index < -0.39 is 6.04 Å². The molecule has 0 radical (unpaired) electrons. The molecular formula is C14H22N2O. The molecule has 0 aliphatic carbocycles. The van der Waals surface area contributed by atoms with Gasteiger partial charge in [-0.15, -0.1) is 0 Å². The monoisotopic (exact) mass is 234 g/mol. The lowest BCUT2D eigenvalue weighted by molar-refractivity contribution is -0.117. The van der Waals surface area contributed by atoms with Gasteiger partial charge in [0.15, 0.2) is 0 Å². The molecular weight excluding hydrogens is 212 g/mol. The van der Waals surface area contributed by atoms with Crippen molar-refractivity contribution in [3.8, 4) is 0 Å². The van der Waals surface area contributed by atoms with E-state index in [1.165, 1.54) is 5.56 Å². The van der Waals surface area contributed by atoms with E-state index in [1.54, 1.807) is 0 Å². The van der Waals surface area contributed by atoms with Gasteiger partial charge in [0.2, 0.25) is 5.91 Å². The van der Waals surface area contributed by atoms with Crippen LogP contribution in [0, 0.1) is 0 Å². The highest BCUT2D eigenvalue weighted by Crippen LogP contribution is 2.11. The number of benzene rings is 1. The van der Waals surface area contributed by atoms with E-state index >= 15 is 0 Å². The van der Waals surface area contributed by atoms with Crippen molar-refractivity contribution in [2.24, 2.45) is 5.73 Å². The molecule has 0 bridgehead atoms. The van der Waals surface area contributed by atoms with Gasteiger partial charge in [-0.25, -0.2) is 0 Å². The first kappa shape index (κ1) is 13.7. The molecule has 0 fully saturated rings. The number of nitrogens with two attached hydrogens (primary N) is 1. The number of amides is 1. The van der Waals surface area contributed by atoms with E-state index in [-0.39, 0.29) is 5.91 Å². The molecule has 0 aliphatic rings. The van der Waals surface area contributed by atoms with Crippen LogP contribution in [0.4, 0.5) is 5.69 Å². The highest BCUT2D eigenvalue weighted by atomic mass is 16.2. The van der Waals surface area contributed by atoms with Crippen LogP contribution in [0.1, 0.15) is 38.7 Å². The molecule has 3 nitrogen and oxygen atoms in total. The van der Waals surface area contributed by atoms with E-state index in [9.17, 15) is 4.79 Å². The maximum atomic E-state index is 11.7. The second-order valence-corrected chi connectivity index (χ2v) is 4.33. The van der Waals surface area contributed by atoms with E-state index in [2.05, 4.69) is 12.2 Å². The molecule has 1 aromatic carbocycles. The van der Waals surface area contributed by atoms with Gasteiger partial charge in [0, 0.05) is 5.69 Å². The normalized spacial score (nSPS) is 12.2. The van der Waals surface area contributed by atoms with Gasteiger partial charge in [-0.3, -0.25) is 4.79 Å². The minimum Gasteiger partial charge on any atom is -0.325 e. The first-order chi connectivity index (χ1) is 8.17. The molecule has 0 spiro atoms. The molecule has 0 unspecified atom stereocenters. The number of hydrogen-bond acceptors (Lipinski definition) is 2. The number of nitrogens with one attached hydrogen (secondary N) is 1. The van der Waals surface area contributed by atoms with Gasteiger partial charge in [-0.05, 0) is 30.5 Å². The summed E-state index contributed by atoms with van der Waals surface area (Å²) in [4.78, 5) is 11.7. The summed E-state index contributed by atoms with van der Waals surface area (Å²) >= 11 is 0. The predicted octanol–water partition coefficient (Wildman–Crippen LogP) is 2.71.